The van der Waals surface area contributed by atoms with Crippen LogP contribution in [0.3, 0.4) is 0 Å². The normalized spacial score (nSPS) is 29.9. The molecule has 1 aliphatic carbocycles. The van der Waals surface area contributed by atoms with Crippen molar-refractivity contribution in [2.24, 2.45) is 11.3 Å². The van der Waals surface area contributed by atoms with Gasteiger partial charge in [-0.3, -0.25) is 4.90 Å². The average molecular weight is 273 g/mol. The van der Waals surface area contributed by atoms with Crippen LogP contribution in [0.2, 0.25) is 0 Å². The van der Waals surface area contributed by atoms with Crippen molar-refractivity contribution < 1.29 is 5.11 Å². The maximum Gasteiger partial charge on any atom is 0.0631 e. The second-order valence-electron chi connectivity index (χ2n) is 7.34. The summed E-state index contributed by atoms with van der Waals surface area (Å²) in [6, 6.07) is 8.79. The minimum Gasteiger partial charge on any atom is -0.392 e. The first-order chi connectivity index (χ1) is 9.56. The number of benzene rings is 1. The Bertz CT molecular complexity index is 468. The van der Waals surface area contributed by atoms with Gasteiger partial charge in [0, 0.05) is 19.6 Å². The standard InChI is InChI=1S/C18H27NO/c1-18(2)10-5-8-16(17(18)20)13-19-11-9-14-6-3-4-7-15(14)12-19/h3-4,6-7,16-17,20H,5,8-13H2,1-2H3. The van der Waals surface area contributed by atoms with Gasteiger partial charge in [0.2, 0.25) is 0 Å². The molecule has 2 aliphatic rings. The molecule has 0 aromatic heterocycles. The first-order valence-corrected chi connectivity index (χ1v) is 8.03. The minimum atomic E-state index is -0.145. The molecule has 2 atom stereocenters. The van der Waals surface area contributed by atoms with Crippen molar-refractivity contribution in [2.45, 2.75) is 52.2 Å². The third-order valence-corrected chi connectivity index (χ3v) is 5.35. The molecule has 110 valence electrons. The number of hydrogen-bond acceptors (Lipinski definition) is 2. The fourth-order valence-corrected chi connectivity index (χ4v) is 4.00. The van der Waals surface area contributed by atoms with E-state index in [9.17, 15) is 5.11 Å². The first-order valence-electron chi connectivity index (χ1n) is 8.03. The molecule has 0 radical (unpaired) electrons. The number of hydrogen-bond donors (Lipinski definition) is 1. The Morgan fingerprint density at radius 2 is 2.00 bits per heavy atom. The molecule has 0 saturated heterocycles. The Kier molecular flexibility index (Phi) is 3.87. The maximum absolute atomic E-state index is 10.6. The van der Waals surface area contributed by atoms with Gasteiger partial charge in [0.05, 0.1) is 6.10 Å². The van der Waals surface area contributed by atoms with Crippen LogP contribution in [0, 0.1) is 11.3 Å². The molecule has 20 heavy (non-hydrogen) atoms. The highest BCUT2D eigenvalue weighted by molar-refractivity contribution is 5.29. The molecule has 2 unspecified atom stereocenters. The van der Waals surface area contributed by atoms with Crippen molar-refractivity contribution in [2.75, 3.05) is 13.1 Å². The molecular weight excluding hydrogens is 246 g/mol. The third-order valence-electron chi connectivity index (χ3n) is 5.35. The van der Waals surface area contributed by atoms with E-state index in [1.165, 1.54) is 24.0 Å². The number of rotatable bonds is 2. The van der Waals surface area contributed by atoms with E-state index in [1.54, 1.807) is 0 Å². The lowest BCUT2D eigenvalue weighted by molar-refractivity contribution is -0.0441. The topological polar surface area (TPSA) is 23.5 Å². The van der Waals surface area contributed by atoms with E-state index in [-0.39, 0.29) is 11.5 Å². The molecule has 1 saturated carbocycles. The van der Waals surface area contributed by atoms with E-state index in [4.69, 9.17) is 0 Å². The van der Waals surface area contributed by atoms with E-state index < -0.39 is 0 Å². The fraction of sp³-hybridized carbons (Fsp3) is 0.667. The Morgan fingerprint density at radius 3 is 2.80 bits per heavy atom. The molecule has 1 aliphatic heterocycles. The summed E-state index contributed by atoms with van der Waals surface area (Å²) in [5.74, 6) is 0.448. The molecule has 0 amide bonds. The lowest BCUT2D eigenvalue weighted by Gasteiger charge is -2.43. The van der Waals surface area contributed by atoms with Gasteiger partial charge in [-0.2, -0.15) is 0 Å². The van der Waals surface area contributed by atoms with Gasteiger partial charge in [-0.15, -0.1) is 0 Å². The van der Waals surface area contributed by atoms with Crippen molar-refractivity contribution in [1.82, 2.24) is 4.90 Å². The minimum absolute atomic E-state index is 0.0939. The molecule has 0 spiro atoms. The summed E-state index contributed by atoms with van der Waals surface area (Å²) < 4.78 is 0. The quantitative estimate of drug-likeness (QED) is 0.894. The molecule has 2 heteroatoms. The largest absolute Gasteiger partial charge is 0.392 e. The summed E-state index contributed by atoms with van der Waals surface area (Å²) in [5, 5.41) is 10.6. The van der Waals surface area contributed by atoms with E-state index in [2.05, 4.69) is 43.0 Å². The first kappa shape index (κ1) is 14.1. The lowest BCUT2D eigenvalue weighted by atomic mass is 9.69. The Hall–Kier alpha value is -0.860. The highest BCUT2D eigenvalue weighted by Crippen LogP contribution is 2.39. The highest BCUT2D eigenvalue weighted by Gasteiger charge is 2.38. The van der Waals surface area contributed by atoms with Gasteiger partial charge in [0.1, 0.15) is 0 Å². The molecular formula is C18H27NO. The summed E-state index contributed by atoms with van der Waals surface area (Å²) in [5.41, 5.74) is 3.08. The smallest absolute Gasteiger partial charge is 0.0631 e. The van der Waals surface area contributed by atoms with Crippen molar-refractivity contribution in [3.05, 3.63) is 35.4 Å². The summed E-state index contributed by atoms with van der Waals surface area (Å²) in [4.78, 5) is 2.54. The predicted octanol–water partition coefficient (Wildman–Crippen LogP) is 3.23. The van der Waals surface area contributed by atoms with Crippen LogP contribution in [0.4, 0.5) is 0 Å². The molecule has 0 bridgehead atoms. The second kappa shape index (κ2) is 5.50. The third kappa shape index (κ3) is 2.77. The van der Waals surface area contributed by atoms with E-state index >= 15 is 0 Å². The Balaban J connectivity index is 1.65. The maximum atomic E-state index is 10.6. The number of aliphatic hydroxyl groups is 1. The van der Waals surface area contributed by atoms with Crippen LogP contribution in [0.15, 0.2) is 24.3 Å². The zero-order chi connectivity index (χ0) is 14.2. The van der Waals surface area contributed by atoms with Gasteiger partial charge in [-0.05, 0) is 41.7 Å². The SMILES string of the molecule is CC1(C)CCCC(CN2CCc3ccccc3C2)C1O. The van der Waals surface area contributed by atoms with Gasteiger partial charge in [-0.1, -0.05) is 44.5 Å². The molecule has 3 rings (SSSR count). The van der Waals surface area contributed by atoms with E-state index in [0.717, 1.165) is 32.5 Å². The van der Waals surface area contributed by atoms with Crippen LogP contribution in [-0.2, 0) is 13.0 Å². The van der Waals surface area contributed by atoms with Crippen molar-refractivity contribution in [3.63, 3.8) is 0 Å². The predicted molar refractivity (Wildman–Crippen MR) is 82.6 cm³/mol. The van der Waals surface area contributed by atoms with Crippen molar-refractivity contribution in [3.8, 4) is 0 Å². The zero-order valence-electron chi connectivity index (χ0n) is 12.8. The van der Waals surface area contributed by atoms with Gasteiger partial charge >= 0.3 is 0 Å². The van der Waals surface area contributed by atoms with Crippen LogP contribution in [0.25, 0.3) is 0 Å². The molecule has 1 N–H and O–H groups in total. The van der Waals surface area contributed by atoms with Crippen LogP contribution in [-0.4, -0.2) is 29.2 Å². The molecule has 1 aromatic carbocycles. The Labute approximate surface area is 122 Å². The summed E-state index contributed by atoms with van der Waals surface area (Å²) in [6.07, 6.45) is 4.62. The summed E-state index contributed by atoms with van der Waals surface area (Å²) in [6.45, 7) is 7.68. The highest BCUT2D eigenvalue weighted by atomic mass is 16.3. The van der Waals surface area contributed by atoms with Crippen molar-refractivity contribution in [1.29, 1.82) is 0 Å². The molecule has 1 fully saturated rings. The van der Waals surface area contributed by atoms with Crippen molar-refractivity contribution >= 4 is 0 Å². The van der Waals surface area contributed by atoms with E-state index in [0.29, 0.717) is 5.92 Å². The monoisotopic (exact) mass is 273 g/mol. The lowest BCUT2D eigenvalue weighted by Crippen LogP contribution is -2.46. The zero-order valence-corrected chi connectivity index (χ0v) is 12.8. The van der Waals surface area contributed by atoms with Crippen LogP contribution in [0.5, 0.6) is 0 Å². The van der Waals surface area contributed by atoms with Gasteiger partial charge in [-0.25, -0.2) is 0 Å². The average Bonchev–Trinajstić information content (AvgIpc) is 2.44. The summed E-state index contributed by atoms with van der Waals surface area (Å²) >= 11 is 0. The Morgan fingerprint density at radius 1 is 1.25 bits per heavy atom. The van der Waals surface area contributed by atoms with Crippen LogP contribution < -0.4 is 0 Å². The molecule has 1 heterocycles. The molecule has 2 nitrogen and oxygen atoms in total. The fourth-order valence-electron chi connectivity index (χ4n) is 4.00. The van der Waals surface area contributed by atoms with Gasteiger partial charge in [0.25, 0.3) is 0 Å². The second-order valence-corrected chi connectivity index (χ2v) is 7.34. The number of aliphatic hydroxyl groups excluding tert-OH is 1. The van der Waals surface area contributed by atoms with Gasteiger partial charge < -0.3 is 5.11 Å². The molecule has 1 aromatic rings. The summed E-state index contributed by atoms with van der Waals surface area (Å²) in [7, 11) is 0. The van der Waals surface area contributed by atoms with Crippen LogP contribution in [0.1, 0.15) is 44.2 Å². The van der Waals surface area contributed by atoms with Crippen LogP contribution >= 0.6 is 0 Å². The number of nitrogens with zero attached hydrogens (tertiary/aromatic N) is 1. The number of fused-ring (bicyclic) bond motifs is 1. The van der Waals surface area contributed by atoms with Gasteiger partial charge in [0.15, 0.2) is 0 Å². The van der Waals surface area contributed by atoms with E-state index in [1.807, 2.05) is 0 Å².